The zero-order valence-corrected chi connectivity index (χ0v) is 11.7. The van der Waals surface area contributed by atoms with Crippen molar-refractivity contribution in [3.8, 4) is 11.8 Å². The quantitative estimate of drug-likeness (QED) is 0.939. The number of benzene rings is 1. The molecule has 0 saturated heterocycles. The van der Waals surface area contributed by atoms with Crippen LogP contribution in [0.4, 0.5) is 0 Å². The van der Waals surface area contributed by atoms with Crippen LogP contribution in [0.2, 0.25) is 5.02 Å². The van der Waals surface area contributed by atoms with Crippen molar-refractivity contribution >= 4 is 11.6 Å². The highest BCUT2D eigenvalue weighted by Gasteiger charge is 2.07. The number of aromatic nitrogens is 1. The van der Waals surface area contributed by atoms with Gasteiger partial charge < -0.3 is 9.84 Å². The lowest BCUT2D eigenvalue weighted by atomic mass is 10.1. The summed E-state index contributed by atoms with van der Waals surface area (Å²) in [5, 5.41) is 18.5. The third-order valence-electron chi connectivity index (χ3n) is 2.79. The Hall–Kier alpha value is -2.09. The molecule has 1 N–H and O–H groups in total. The fourth-order valence-corrected chi connectivity index (χ4v) is 1.97. The van der Waals surface area contributed by atoms with Crippen LogP contribution in [0.3, 0.4) is 0 Å². The molecule has 102 valence electrons. The van der Waals surface area contributed by atoms with Crippen molar-refractivity contribution in [3.05, 3.63) is 57.9 Å². The summed E-state index contributed by atoms with van der Waals surface area (Å²) < 4.78 is 5.63. The molecule has 4 nitrogen and oxygen atoms in total. The minimum atomic E-state index is -0.182. The molecule has 20 heavy (non-hydrogen) atoms. The summed E-state index contributed by atoms with van der Waals surface area (Å²) in [6.45, 7) is 1.92. The van der Waals surface area contributed by atoms with Crippen LogP contribution in [0.15, 0.2) is 30.3 Å². The van der Waals surface area contributed by atoms with Crippen molar-refractivity contribution in [3.63, 3.8) is 0 Å². The Labute approximate surface area is 122 Å². The molecule has 5 heteroatoms. The average Bonchev–Trinajstić information content (AvgIpc) is 2.46. The van der Waals surface area contributed by atoms with Crippen molar-refractivity contribution in [1.82, 2.24) is 4.98 Å². The molecule has 1 aromatic heterocycles. The molecule has 0 amide bonds. The topological polar surface area (TPSA) is 66.1 Å². The number of pyridine rings is 1. The van der Waals surface area contributed by atoms with E-state index in [0.717, 1.165) is 11.3 Å². The van der Waals surface area contributed by atoms with Gasteiger partial charge in [-0.1, -0.05) is 17.7 Å². The summed E-state index contributed by atoms with van der Waals surface area (Å²) in [7, 11) is 0. The normalized spacial score (nSPS) is 10.1. The molecule has 0 aliphatic carbocycles. The SMILES string of the molecule is Cc1ccc(OCc2ccc(C#N)cc2Cl)c(CO)n1. The lowest BCUT2D eigenvalue weighted by molar-refractivity contribution is 0.253. The van der Waals surface area contributed by atoms with Crippen molar-refractivity contribution in [1.29, 1.82) is 5.26 Å². The van der Waals surface area contributed by atoms with Gasteiger partial charge >= 0.3 is 0 Å². The molecular weight excluding hydrogens is 276 g/mol. The first kappa shape index (κ1) is 14.3. The highest BCUT2D eigenvalue weighted by Crippen LogP contribution is 2.22. The fraction of sp³-hybridized carbons (Fsp3) is 0.200. The Morgan fingerprint density at radius 2 is 2.15 bits per heavy atom. The Morgan fingerprint density at radius 3 is 2.80 bits per heavy atom. The van der Waals surface area contributed by atoms with E-state index in [9.17, 15) is 5.11 Å². The van der Waals surface area contributed by atoms with Gasteiger partial charge in [0, 0.05) is 16.3 Å². The molecule has 0 radical (unpaired) electrons. The average molecular weight is 289 g/mol. The lowest BCUT2D eigenvalue weighted by Crippen LogP contribution is -2.02. The molecule has 0 fully saturated rings. The number of halogens is 1. The van der Waals surface area contributed by atoms with Gasteiger partial charge in [-0.05, 0) is 31.2 Å². The Kier molecular flexibility index (Phi) is 4.57. The predicted molar refractivity (Wildman–Crippen MR) is 75.4 cm³/mol. The highest BCUT2D eigenvalue weighted by atomic mass is 35.5. The van der Waals surface area contributed by atoms with Gasteiger partial charge in [-0.25, -0.2) is 0 Å². The maximum absolute atomic E-state index is 9.26. The summed E-state index contributed by atoms with van der Waals surface area (Å²) in [4.78, 5) is 4.20. The van der Waals surface area contributed by atoms with Crippen LogP contribution in [0.1, 0.15) is 22.5 Å². The maximum Gasteiger partial charge on any atom is 0.143 e. The Morgan fingerprint density at radius 1 is 1.35 bits per heavy atom. The van der Waals surface area contributed by atoms with Crippen molar-refractivity contribution in [2.75, 3.05) is 0 Å². The van der Waals surface area contributed by atoms with Gasteiger partial charge in [-0.15, -0.1) is 0 Å². The maximum atomic E-state index is 9.26. The smallest absolute Gasteiger partial charge is 0.143 e. The summed E-state index contributed by atoms with van der Waals surface area (Å²) in [6, 6.07) is 10.6. The van der Waals surface area contributed by atoms with E-state index in [1.165, 1.54) is 0 Å². The van der Waals surface area contributed by atoms with Crippen molar-refractivity contribution < 1.29 is 9.84 Å². The molecule has 1 heterocycles. The lowest BCUT2D eigenvalue weighted by Gasteiger charge is -2.11. The van der Waals surface area contributed by atoms with Gasteiger partial charge in [0.15, 0.2) is 0 Å². The summed E-state index contributed by atoms with van der Waals surface area (Å²) >= 11 is 6.08. The van der Waals surface area contributed by atoms with Crippen molar-refractivity contribution in [2.45, 2.75) is 20.1 Å². The third kappa shape index (κ3) is 3.27. The number of ether oxygens (including phenoxy) is 1. The number of nitrogens with zero attached hydrogens (tertiary/aromatic N) is 2. The zero-order chi connectivity index (χ0) is 14.5. The first-order valence-corrected chi connectivity index (χ1v) is 6.40. The monoisotopic (exact) mass is 288 g/mol. The first-order valence-electron chi connectivity index (χ1n) is 6.02. The molecule has 2 rings (SSSR count). The largest absolute Gasteiger partial charge is 0.487 e. The molecule has 0 aliphatic rings. The molecule has 0 unspecified atom stereocenters. The number of aryl methyl sites for hydroxylation is 1. The van der Waals surface area contributed by atoms with E-state index >= 15 is 0 Å². The number of nitriles is 1. The number of aliphatic hydroxyl groups is 1. The molecule has 0 aliphatic heterocycles. The number of aliphatic hydroxyl groups excluding tert-OH is 1. The summed E-state index contributed by atoms with van der Waals surface area (Å²) in [5.74, 6) is 0.526. The van der Waals surface area contributed by atoms with E-state index in [1.54, 1.807) is 24.3 Å². The summed E-state index contributed by atoms with van der Waals surface area (Å²) in [5.41, 5.74) is 2.59. The van der Waals surface area contributed by atoms with Crippen LogP contribution in [0, 0.1) is 18.3 Å². The van der Waals surface area contributed by atoms with Crippen molar-refractivity contribution in [2.24, 2.45) is 0 Å². The van der Waals surface area contributed by atoms with Crippen LogP contribution >= 0.6 is 11.6 Å². The van der Waals surface area contributed by atoms with E-state index in [1.807, 2.05) is 19.1 Å². The molecule has 0 spiro atoms. The van der Waals surface area contributed by atoms with E-state index in [-0.39, 0.29) is 13.2 Å². The fourth-order valence-electron chi connectivity index (χ4n) is 1.73. The van der Waals surface area contributed by atoms with E-state index < -0.39 is 0 Å². The van der Waals surface area contributed by atoms with Crippen LogP contribution in [0.5, 0.6) is 5.75 Å². The minimum absolute atomic E-state index is 0.182. The molecular formula is C15H13ClN2O2. The standard InChI is InChI=1S/C15H13ClN2O2/c1-10-2-5-15(14(8-19)18-10)20-9-12-4-3-11(7-17)6-13(12)16/h2-6,19H,8-9H2,1H3. The van der Waals surface area contributed by atoms with Crippen LogP contribution < -0.4 is 4.74 Å². The first-order chi connectivity index (χ1) is 9.63. The number of hydrogen-bond acceptors (Lipinski definition) is 4. The van der Waals surface area contributed by atoms with Gasteiger partial charge in [0.05, 0.1) is 18.2 Å². The van der Waals surface area contributed by atoms with E-state index in [0.29, 0.717) is 22.0 Å². The van der Waals surface area contributed by atoms with Crippen LogP contribution in [0.25, 0.3) is 0 Å². The molecule has 0 atom stereocenters. The molecule has 0 saturated carbocycles. The van der Waals surface area contributed by atoms with Crippen LogP contribution in [-0.2, 0) is 13.2 Å². The Bertz CT molecular complexity index is 665. The Balaban J connectivity index is 2.15. The minimum Gasteiger partial charge on any atom is -0.487 e. The summed E-state index contributed by atoms with van der Waals surface area (Å²) in [6.07, 6.45) is 0. The second-order valence-corrected chi connectivity index (χ2v) is 4.67. The predicted octanol–water partition coefficient (Wildman–Crippen LogP) is 2.99. The van der Waals surface area contributed by atoms with Crippen LogP contribution in [-0.4, -0.2) is 10.1 Å². The van der Waals surface area contributed by atoms with E-state index in [4.69, 9.17) is 21.6 Å². The van der Waals surface area contributed by atoms with Gasteiger partial charge in [0.25, 0.3) is 0 Å². The van der Waals surface area contributed by atoms with Gasteiger partial charge in [0.2, 0.25) is 0 Å². The van der Waals surface area contributed by atoms with E-state index in [2.05, 4.69) is 4.98 Å². The molecule has 0 bridgehead atoms. The third-order valence-corrected chi connectivity index (χ3v) is 3.14. The van der Waals surface area contributed by atoms with Gasteiger partial charge in [0.1, 0.15) is 18.1 Å². The highest BCUT2D eigenvalue weighted by molar-refractivity contribution is 6.31. The molecule has 1 aromatic carbocycles. The van der Waals surface area contributed by atoms with Gasteiger partial charge in [-0.2, -0.15) is 5.26 Å². The number of rotatable bonds is 4. The second kappa shape index (κ2) is 6.38. The molecule has 2 aromatic rings. The number of hydrogen-bond donors (Lipinski definition) is 1. The zero-order valence-electron chi connectivity index (χ0n) is 10.9. The second-order valence-electron chi connectivity index (χ2n) is 4.26. The van der Waals surface area contributed by atoms with Gasteiger partial charge in [-0.3, -0.25) is 4.98 Å².